The predicted octanol–water partition coefficient (Wildman–Crippen LogP) is 4.66. The minimum atomic E-state index is 0.715. The predicted molar refractivity (Wildman–Crippen MR) is 82.0 cm³/mol. The lowest BCUT2D eigenvalue weighted by atomic mass is 10.1. The molecule has 0 atom stereocenters. The van der Waals surface area contributed by atoms with Crippen molar-refractivity contribution in [2.75, 3.05) is 5.73 Å². The molecule has 0 aliphatic carbocycles. The Morgan fingerprint density at radius 2 is 1.78 bits per heavy atom. The van der Waals surface area contributed by atoms with Crippen molar-refractivity contribution >= 4 is 29.1 Å². The summed E-state index contributed by atoms with van der Waals surface area (Å²) in [6.07, 6.45) is 0. The van der Waals surface area contributed by atoms with Crippen molar-refractivity contribution in [3.63, 3.8) is 0 Å². The molecule has 94 valence electrons. The molecule has 0 spiro atoms. The smallest absolute Gasteiger partial charge is 0.0466 e. The number of nitrogen functional groups attached to an aromatic ring is 1. The molecule has 2 aromatic rings. The van der Waals surface area contributed by atoms with Crippen LogP contribution < -0.4 is 5.73 Å². The number of anilines is 1. The Morgan fingerprint density at radius 1 is 1.06 bits per heavy atom. The van der Waals surface area contributed by atoms with Gasteiger partial charge in [-0.05, 0) is 35.7 Å². The zero-order chi connectivity index (χ0) is 13.0. The van der Waals surface area contributed by atoms with Crippen molar-refractivity contribution in [1.82, 2.24) is 0 Å². The lowest BCUT2D eigenvalue weighted by Crippen LogP contribution is -1.90. The normalized spacial score (nSPS) is 10.6. The van der Waals surface area contributed by atoms with Gasteiger partial charge in [-0.1, -0.05) is 41.9 Å². The van der Waals surface area contributed by atoms with Gasteiger partial charge in [-0.15, -0.1) is 0 Å². The van der Waals surface area contributed by atoms with E-state index < -0.39 is 0 Å². The Balaban J connectivity index is 1.95. The van der Waals surface area contributed by atoms with E-state index in [4.69, 9.17) is 17.3 Å². The Hall–Kier alpha value is -1.12. The Bertz CT molecular complexity index is 540. The number of benzene rings is 2. The van der Waals surface area contributed by atoms with Gasteiger partial charge < -0.3 is 5.73 Å². The fraction of sp³-hybridized carbons (Fsp3) is 0.200. The third-order valence-electron chi connectivity index (χ3n) is 2.85. The minimum Gasteiger partial charge on any atom is -0.399 e. The highest BCUT2D eigenvalue weighted by Crippen LogP contribution is 2.26. The van der Waals surface area contributed by atoms with E-state index in [2.05, 4.69) is 31.2 Å². The molecule has 2 rings (SSSR count). The van der Waals surface area contributed by atoms with Crippen molar-refractivity contribution in [2.45, 2.75) is 18.4 Å². The van der Waals surface area contributed by atoms with Gasteiger partial charge in [0.15, 0.2) is 0 Å². The van der Waals surface area contributed by atoms with E-state index in [1.165, 1.54) is 11.1 Å². The molecule has 0 radical (unpaired) electrons. The number of aryl methyl sites for hydroxylation is 1. The monoisotopic (exact) mass is 277 g/mol. The molecule has 1 nitrogen and oxygen atoms in total. The molecule has 2 N–H and O–H groups in total. The second-order valence-electron chi connectivity index (χ2n) is 4.27. The van der Waals surface area contributed by atoms with Crippen LogP contribution in [-0.2, 0) is 11.5 Å². The summed E-state index contributed by atoms with van der Waals surface area (Å²) in [4.78, 5) is 0. The van der Waals surface area contributed by atoms with Gasteiger partial charge in [0.05, 0.1) is 0 Å². The van der Waals surface area contributed by atoms with Gasteiger partial charge >= 0.3 is 0 Å². The topological polar surface area (TPSA) is 26.0 Å². The third-order valence-corrected chi connectivity index (χ3v) is 4.24. The summed E-state index contributed by atoms with van der Waals surface area (Å²) in [5.41, 5.74) is 10.3. The number of hydrogen-bond acceptors (Lipinski definition) is 2. The fourth-order valence-electron chi connectivity index (χ4n) is 1.72. The Morgan fingerprint density at radius 3 is 2.50 bits per heavy atom. The molecule has 0 aliphatic heterocycles. The van der Waals surface area contributed by atoms with Crippen LogP contribution in [0.15, 0.2) is 42.5 Å². The molecule has 0 aromatic heterocycles. The van der Waals surface area contributed by atoms with E-state index in [0.717, 1.165) is 22.1 Å². The molecular weight excluding hydrogens is 262 g/mol. The van der Waals surface area contributed by atoms with Crippen LogP contribution >= 0.6 is 23.4 Å². The van der Waals surface area contributed by atoms with Gasteiger partial charge in [-0.2, -0.15) is 11.8 Å². The lowest BCUT2D eigenvalue weighted by molar-refractivity contribution is 1.30. The zero-order valence-electron chi connectivity index (χ0n) is 10.3. The average Bonchev–Trinajstić information content (AvgIpc) is 2.34. The second kappa shape index (κ2) is 6.17. The first-order valence-corrected chi connectivity index (χ1v) is 7.36. The summed E-state index contributed by atoms with van der Waals surface area (Å²) in [6.45, 7) is 2.14. The van der Waals surface area contributed by atoms with Crippen LogP contribution in [0.4, 0.5) is 5.69 Å². The molecule has 3 heteroatoms. The largest absolute Gasteiger partial charge is 0.399 e. The summed E-state index contributed by atoms with van der Waals surface area (Å²) in [7, 11) is 0. The maximum atomic E-state index is 6.15. The fourth-order valence-corrected chi connectivity index (χ4v) is 3.18. The van der Waals surface area contributed by atoms with E-state index in [0.29, 0.717) is 5.69 Å². The summed E-state index contributed by atoms with van der Waals surface area (Å²) in [5, 5.41) is 0.757. The number of halogens is 1. The lowest BCUT2D eigenvalue weighted by Gasteiger charge is -2.07. The maximum Gasteiger partial charge on any atom is 0.0466 e. The Labute approximate surface area is 117 Å². The van der Waals surface area contributed by atoms with Crippen molar-refractivity contribution < 1.29 is 0 Å². The average molecular weight is 278 g/mol. The van der Waals surface area contributed by atoms with Gasteiger partial charge in [0.2, 0.25) is 0 Å². The molecule has 0 saturated carbocycles. The maximum absolute atomic E-state index is 6.15. The summed E-state index contributed by atoms with van der Waals surface area (Å²) < 4.78 is 0. The molecular formula is C15H16ClNS. The number of rotatable bonds is 4. The van der Waals surface area contributed by atoms with Crippen LogP contribution in [0.25, 0.3) is 0 Å². The van der Waals surface area contributed by atoms with E-state index in [1.807, 2.05) is 30.0 Å². The molecule has 0 aliphatic rings. The molecule has 0 heterocycles. The SMILES string of the molecule is Cc1ccccc1CSCc1ccc(N)cc1Cl. The molecule has 18 heavy (non-hydrogen) atoms. The van der Waals surface area contributed by atoms with Crippen molar-refractivity contribution in [2.24, 2.45) is 0 Å². The van der Waals surface area contributed by atoms with Gasteiger partial charge in [-0.25, -0.2) is 0 Å². The van der Waals surface area contributed by atoms with E-state index >= 15 is 0 Å². The minimum absolute atomic E-state index is 0.715. The molecule has 0 fully saturated rings. The van der Waals surface area contributed by atoms with E-state index in [-0.39, 0.29) is 0 Å². The van der Waals surface area contributed by atoms with Crippen molar-refractivity contribution in [3.8, 4) is 0 Å². The van der Waals surface area contributed by atoms with Gasteiger partial charge in [0.1, 0.15) is 0 Å². The molecule has 0 bridgehead atoms. The van der Waals surface area contributed by atoms with Gasteiger partial charge in [0.25, 0.3) is 0 Å². The quantitative estimate of drug-likeness (QED) is 0.822. The van der Waals surface area contributed by atoms with Crippen molar-refractivity contribution in [3.05, 3.63) is 64.2 Å². The first kappa shape index (κ1) is 13.3. The zero-order valence-corrected chi connectivity index (χ0v) is 11.9. The van der Waals surface area contributed by atoms with Crippen LogP contribution in [0.1, 0.15) is 16.7 Å². The third kappa shape index (κ3) is 3.44. The van der Waals surface area contributed by atoms with Crippen molar-refractivity contribution in [1.29, 1.82) is 0 Å². The van der Waals surface area contributed by atoms with Crippen LogP contribution in [-0.4, -0.2) is 0 Å². The number of thioether (sulfide) groups is 1. The van der Waals surface area contributed by atoms with Gasteiger partial charge in [0, 0.05) is 22.2 Å². The van der Waals surface area contributed by atoms with Crippen LogP contribution in [0.2, 0.25) is 5.02 Å². The molecule has 0 amide bonds. The molecule has 0 unspecified atom stereocenters. The highest BCUT2D eigenvalue weighted by Gasteiger charge is 2.02. The molecule has 0 saturated heterocycles. The first-order valence-electron chi connectivity index (χ1n) is 5.83. The summed E-state index contributed by atoms with van der Waals surface area (Å²) >= 11 is 8.02. The molecule has 2 aromatic carbocycles. The van der Waals surface area contributed by atoms with Crippen LogP contribution in [0.3, 0.4) is 0 Å². The Kier molecular flexibility index (Phi) is 4.56. The van der Waals surface area contributed by atoms with Crippen LogP contribution in [0.5, 0.6) is 0 Å². The van der Waals surface area contributed by atoms with E-state index in [1.54, 1.807) is 0 Å². The van der Waals surface area contributed by atoms with Gasteiger partial charge in [-0.3, -0.25) is 0 Å². The highest BCUT2D eigenvalue weighted by atomic mass is 35.5. The standard InChI is InChI=1S/C15H16ClNS/c1-11-4-2-3-5-12(11)9-18-10-13-6-7-14(17)8-15(13)16/h2-8H,9-10,17H2,1H3. The number of hydrogen-bond donors (Lipinski definition) is 1. The summed E-state index contributed by atoms with van der Waals surface area (Å²) in [6, 6.07) is 14.2. The van der Waals surface area contributed by atoms with Crippen LogP contribution in [0, 0.1) is 6.92 Å². The second-order valence-corrected chi connectivity index (χ2v) is 5.66. The van der Waals surface area contributed by atoms with E-state index in [9.17, 15) is 0 Å². The highest BCUT2D eigenvalue weighted by molar-refractivity contribution is 7.97. The number of nitrogens with two attached hydrogens (primary N) is 1. The first-order chi connectivity index (χ1) is 8.66. The summed E-state index contributed by atoms with van der Waals surface area (Å²) in [5.74, 6) is 1.92.